The summed E-state index contributed by atoms with van der Waals surface area (Å²) in [6, 6.07) is -0.771. The van der Waals surface area contributed by atoms with Gasteiger partial charge < -0.3 is 28.7 Å². The van der Waals surface area contributed by atoms with Gasteiger partial charge >= 0.3 is 59.1 Å². The molecule has 84 valence electrons. The van der Waals surface area contributed by atoms with E-state index in [2.05, 4.69) is 6.58 Å². The topological polar surface area (TPSA) is 138 Å². The monoisotopic (exact) mass is 287 g/mol. The van der Waals surface area contributed by atoms with Gasteiger partial charge in [-0.25, -0.2) is 0 Å². The molecule has 1 N–H and O–H groups in total. The zero-order valence-corrected chi connectivity index (χ0v) is 15.1. The van der Waals surface area contributed by atoms with Crippen molar-refractivity contribution >= 4 is 15.2 Å². The molecule has 0 saturated carbocycles. The molecule has 0 amide bonds. The second kappa shape index (κ2) is 8.99. The Bertz CT molecular complexity index is 279. The fourth-order valence-corrected chi connectivity index (χ4v) is 2.88. The van der Waals surface area contributed by atoms with E-state index in [9.17, 15) is 28.7 Å². The molecule has 11 heteroatoms. The number of hydrogen-bond donors (Lipinski definition) is 1. The van der Waals surface area contributed by atoms with E-state index in [-0.39, 0.29) is 59.1 Å². The maximum atomic E-state index is 10.4. The first-order valence-corrected chi connectivity index (χ1v) is 6.73. The van der Waals surface area contributed by atoms with Crippen LogP contribution in [0, 0.1) is 0 Å². The molecule has 0 saturated heterocycles. The molecule has 7 nitrogen and oxygen atoms in total. The van der Waals surface area contributed by atoms with Crippen molar-refractivity contribution in [2.75, 3.05) is 0 Å². The molecular weight excluding hydrogens is 278 g/mol. The quantitative estimate of drug-likeness (QED) is 0.301. The Labute approximate surface area is 138 Å². The van der Waals surface area contributed by atoms with Crippen molar-refractivity contribution in [1.29, 1.82) is 0 Å². The van der Waals surface area contributed by atoms with Crippen LogP contribution >= 0.6 is 15.2 Å². The van der Waals surface area contributed by atoms with Crippen LogP contribution < -0.4 is 84.0 Å². The number of nitrogens with one attached hydrogen (secondary N) is 1. The number of hydrogen-bond acceptors (Lipinski definition) is 7. The van der Waals surface area contributed by atoms with Crippen LogP contribution in [0.3, 0.4) is 0 Å². The summed E-state index contributed by atoms with van der Waals surface area (Å²) in [5.41, 5.74) is -2.62. The molecule has 0 aromatic heterocycles. The van der Waals surface area contributed by atoms with Gasteiger partial charge in [0.05, 0.1) is 5.52 Å². The summed E-state index contributed by atoms with van der Waals surface area (Å²) in [6.07, 6.45) is 1.16. The molecule has 0 radical (unpaired) electrons. The Morgan fingerprint density at radius 2 is 1.44 bits per heavy atom. The summed E-state index contributed by atoms with van der Waals surface area (Å²) in [6.45, 7) is 4.58. The molecule has 0 fully saturated rings. The van der Waals surface area contributed by atoms with Gasteiger partial charge in [-0.1, -0.05) is 6.08 Å². The smallest absolute Gasteiger partial charge is 0.809 e. The standard InChI is InChI=1S/C5H13NO6P2.2Na/c1-3-4(2)6-5(13(7,8)9)14(10,11)12;;/h3-6H,1H2,2H3,(H2,7,8,9)(H2,10,11,12);;/q;2*+1/p-4. The zero-order valence-electron chi connectivity index (χ0n) is 9.28. The molecule has 0 heterocycles. The maximum Gasteiger partial charge on any atom is 1.00 e. The van der Waals surface area contributed by atoms with Crippen molar-refractivity contribution in [3.8, 4) is 0 Å². The molecule has 0 aliphatic heterocycles. The molecule has 0 aliphatic carbocycles. The summed E-state index contributed by atoms with van der Waals surface area (Å²) in [4.78, 5) is 41.7. The second-order valence-corrected chi connectivity index (χ2v) is 6.24. The van der Waals surface area contributed by atoms with Crippen LogP contribution in [0.1, 0.15) is 6.92 Å². The van der Waals surface area contributed by atoms with Crippen LogP contribution in [0.15, 0.2) is 12.7 Å². The van der Waals surface area contributed by atoms with Gasteiger partial charge in [0.1, 0.15) is 0 Å². The van der Waals surface area contributed by atoms with Gasteiger partial charge in [0.15, 0.2) is 0 Å². The summed E-state index contributed by atoms with van der Waals surface area (Å²) in [5.74, 6) is 0. The van der Waals surface area contributed by atoms with E-state index in [0.29, 0.717) is 0 Å². The first-order valence-electron chi connectivity index (χ1n) is 3.51. The predicted molar refractivity (Wildman–Crippen MR) is 41.8 cm³/mol. The van der Waals surface area contributed by atoms with Gasteiger partial charge in [0.25, 0.3) is 0 Å². The minimum absolute atomic E-state index is 0. The van der Waals surface area contributed by atoms with Crippen LogP contribution in [0.5, 0.6) is 0 Å². The van der Waals surface area contributed by atoms with E-state index in [0.717, 1.165) is 0 Å². The third kappa shape index (κ3) is 9.00. The van der Waals surface area contributed by atoms with E-state index in [1.165, 1.54) is 13.0 Å². The minimum atomic E-state index is -5.51. The Hall–Kier alpha value is 2.00. The molecule has 0 spiro atoms. The summed E-state index contributed by atoms with van der Waals surface area (Å²) >= 11 is 0. The van der Waals surface area contributed by atoms with Gasteiger partial charge in [-0.3, -0.25) is 5.32 Å². The molecule has 0 aromatic rings. The normalized spacial score (nSPS) is 13.6. The number of rotatable bonds is 5. The largest absolute Gasteiger partial charge is 1.00 e. The van der Waals surface area contributed by atoms with Crippen molar-refractivity contribution in [3.63, 3.8) is 0 Å². The SMILES string of the molecule is C=CC(C)NC(P(=O)([O-])[O-])P(=O)([O-])[O-].[Na+].[Na+]. The van der Waals surface area contributed by atoms with E-state index in [1.807, 2.05) is 5.32 Å². The van der Waals surface area contributed by atoms with Crippen LogP contribution in [0.25, 0.3) is 0 Å². The average molecular weight is 287 g/mol. The average Bonchev–Trinajstić information content (AvgIpc) is 1.95. The molecule has 0 bridgehead atoms. The van der Waals surface area contributed by atoms with E-state index in [1.54, 1.807) is 0 Å². The Balaban J connectivity index is -0.000000845. The molecule has 16 heavy (non-hydrogen) atoms. The molecule has 1 atom stereocenters. The van der Waals surface area contributed by atoms with E-state index >= 15 is 0 Å². The fourth-order valence-electron chi connectivity index (χ4n) is 0.659. The van der Waals surface area contributed by atoms with Gasteiger partial charge in [-0.05, 0) is 22.1 Å². The van der Waals surface area contributed by atoms with Gasteiger partial charge in [-0.2, -0.15) is 0 Å². The third-order valence-electron chi connectivity index (χ3n) is 1.36. The van der Waals surface area contributed by atoms with Crippen molar-refractivity contribution in [2.24, 2.45) is 0 Å². The molecule has 0 aliphatic rings. The molecular formula is C5H9NNa2O6P2-2. The van der Waals surface area contributed by atoms with Crippen molar-refractivity contribution in [2.45, 2.75) is 18.5 Å². The second-order valence-electron chi connectivity index (χ2n) is 2.64. The Morgan fingerprint density at radius 3 is 1.62 bits per heavy atom. The van der Waals surface area contributed by atoms with Gasteiger partial charge in [0.2, 0.25) is 0 Å². The summed E-state index contributed by atoms with van der Waals surface area (Å²) < 4.78 is 20.9. The summed E-state index contributed by atoms with van der Waals surface area (Å²) in [7, 11) is -11.0. The van der Waals surface area contributed by atoms with Crippen molar-refractivity contribution in [1.82, 2.24) is 5.32 Å². The van der Waals surface area contributed by atoms with Crippen LogP contribution in [-0.4, -0.2) is 11.6 Å². The first-order chi connectivity index (χ1) is 6.09. The molecule has 1 unspecified atom stereocenters. The van der Waals surface area contributed by atoms with Crippen LogP contribution in [0.2, 0.25) is 0 Å². The van der Waals surface area contributed by atoms with E-state index in [4.69, 9.17) is 0 Å². The first kappa shape index (κ1) is 23.1. The van der Waals surface area contributed by atoms with Gasteiger partial charge in [-0.15, -0.1) is 6.58 Å². The molecule has 0 rings (SSSR count). The predicted octanol–water partition coefficient (Wildman–Crippen LogP) is -8.73. The van der Waals surface area contributed by atoms with Crippen LogP contribution in [-0.2, 0) is 9.13 Å². The fraction of sp³-hybridized carbons (Fsp3) is 0.600. The van der Waals surface area contributed by atoms with Crippen molar-refractivity contribution in [3.05, 3.63) is 12.7 Å². The van der Waals surface area contributed by atoms with E-state index < -0.39 is 26.8 Å². The Morgan fingerprint density at radius 1 is 1.12 bits per heavy atom. The van der Waals surface area contributed by atoms with Gasteiger partial charge in [0, 0.05) is 6.04 Å². The third-order valence-corrected chi connectivity index (χ3v) is 4.56. The zero-order chi connectivity index (χ0) is 11.6. The Kier molecular flexibility index (Phi) is 13.0. The van der Waals surface area contributed by atoms with Crippen molar-refractivity contribution < 1.29 is 87.8 Å². The minimum Gasteiger partial charge on any atom is -0.809 e. The van der Waals surface area contributed by atoms with Crippen LogP contribution in [0.4, 0.5) is 0 Å². The molecule has 0 aromatic carbocycles. The summed E-state index contributed by atoms with van der Waals surface area (Å²) in [5, 5.41) is 1.85. The maximum absolute atomic E-state index is 10.4.